The van der Waals surface area contributed by atoms with Gasteiger partial charge in [-0.3, -0.25) is 14.4 Å². The highest BCUT2D eigenvalue weighted by atomic mass is 19.1. The molecule has 5 rings (SSSR count). The second-order valence-corrected chi connectivity index (χ2v) is 9.37. The summed E-state index contributed by atoms with van der Waals surface area (Å²) in [5.74, 6) is 0.0164. The Balaban J connectivity index is 1.25. The van der Waals surface area contributed by atoms with Crippen LogP contribution in [0.1, 0.15) is 35.2 Å². The first-order valence-electron chi connectivity index (χ1n) is 11.7. The lowest BCUT2D eigenvalue weighted by Gasteiger charge is -2.18. The summed E-state index contributed by atoms with van der Waals surface area (Å²) >= 11 is 0. The Morgan fingerprint density at radius 1 is 1.20 bits per heavy atom. The average molecular weight is 483 g/mol. The average Bonchev–Trinajstić information content (AvgIpc) is 3.53. The van der Waals surface area contributed by atoms with Gasteiger partial charge in [-0.05, 0) is 37.0 Å². The minimum Gasteiger partial charge on any atom is -0.479 e. The molecule has 35 heavy (non-hydrogen) atoms. The number of hydrogen-bond donors (Lipinski definition) is 0. The lowest BCUT2D eigenvalue weighted by molar-refractivity contribution is -0.129. The molecule has 2 aromatic rings. The largest absolute Gasteiger partial charge is 0.479 e. The third kappa shape index (κ3) is 4.78. The number of anilines is 1. The highest BCUT2D eigenvalue weighted by molar-refractivity contribution is 6.03. The lowest BCUT2D eigenvalue weighted by Crippen LogP contribution is -2.36. The number of hydrogen-bond acceptors (Lipinski definition) is 6. The van der Waals surface area contributed by atoms with Crippen LogP contribution in [0.3, 0.4) is 0 Å². The second kappa shape index (κ2) is 9.16. The Bertz CT molecular complexity index is 1170. The van der Waals surface area contributed by atoms with E-state index in [1.54, 1.807) is 26.2 Å². The first-order chi connectivity index (χ1) is 16.8. The fourth-order valence-electron chi connectivity index (χ4n) is 4.19. The van der Waals surface area contributed by atoms with Crippen molar-refractivity contribution < 1.29 is 28.2 Å². The second-order valence-electron chi connectivity index (χ2n) is 9.37. The molecule has 3 aliphatic rings. The van der Waals surface area contributed by atoms with Crippen molar-refractivity contribution in [2.24, 2.45) is 5.92 Å². The Hall–Kier alpha value is -3.69. The normalized spacial score (nSPS) is 19.2. The summed E-state index contributed by atoms with van der Waals surface area (Å²) in [6.07, 6.45) is 3.58. The monoisotopic (exact) mass is 482 g/mol. The van der Waals surface area contributed by atoms with Crippen LogP contribution in [0, 0.1) is 11.7 Å². The van der Waals surface area contributed by atoms with Gasteiger partial charge in [-0.1, -0.05) is 0 Å². The van der Waals surface area contributed by atoms with Crippen molar-refractivity contribution in [1.29, 1.82) is 0 Å². The third-order valence-electron chi connectivity index (χ3n) is 6.49. The molecule has 0 bridgehead atoms. The van der Waals surface area contributed by atoms with Gasteiger partial charge in [-0.25, -0.2) is 9.37 Å². The summed E-state index contributed by atoms with van der Waals surface area (Å²) in [6, 6.07) is 6.21. The first-order valence-corrected chi connectivity index (χ1v) is 11.7. The van der Waals surface area contributed by atoms with Crippen LogP contribution in [-0.4, -0.2) is 72.4 Å². The summed E-state index contributed by atoms with van der Waals surface area (Å²) in [5, 5.41) is 0. The summed E-state index contributed by atoms with van der Waals surface area (Å²) in [4.78, 5) is 46.2. The van der Waals surface area contributed by atoms with Crippen molar-refractivity contribution in [2.45, 2.75) is 31.9 Å². The fourth-order valence-corrected chi connectivity index (χ4v) is 4.19. The molecule has 0 spiro atoms. The molecule has 3 heterocycles. The van der Waals surface area contributed by atoms with Gasteiger partial charge in [-0.15, -0.1) is 0 Å². The van der Waals surface area contributed by atoms with Gasteiger partial charge >= 0.3 is 0 Å². The van der Waals surface area contributed by atoms with Crippen molar-refractivity contribution in [3.8, 4) is 11.6 Å². The molecule has 2 fully saturated rings. The van der Waals surface area contributed by atoms with Crippen LogP contribution in [0.25, 0.3) is 0 Å². The number of halogens is 1. The molecule has 184 valence electrons. The van der Waals surface area contributed by atoms with Crippen LogP contribution in [0.15, 0.2) is 30.5 Å². The third-order valence-corrected chi connectivity index (χ3v) is 6.49. The zero-order chi connectivity index (χ0) is 24.7. The van der Waals surface area contributed by atoms with E-state index in [-0.39, 0.29) is 36.0 Å². The van der Waals surface area contributed by atoms with Crippen molar-refractivity contribution >= 4 is 23.4 Å². The maximum absolute atomic E-state index is 14.9. The van der Waals surface area contributed by atoms with E-state index in [4.69, 9.17) is 9.47 Å². The van der Waals surface area contributed by atoms with Gasteiger partial charge in [0, 0.05) is 49.9 Å². The number of rotatable bonds is 8. The van der Waals surface area contributed by atoms with E-state index in [0.717, 1.165) is 0 Å². The van der Waals surface area contributed by atoms with Crippen LogP contribution in [0.2, 0.25) is 0 Å². The predicted octanol–water partition coefficient (Wildman–Crippen LogP) is 2.24. The topological polar surface area (TPSA) is 92.3 Å². The minimum absolute atomic E-state index is 0.0207. The van der Waals surface area contributed by atoms with Crippen LogP contribution in [0.5, 0.6) is 11.6 Å². The van der Waals surface area contributed by atoms with E-state index < -0.39 is 17.8 Å². The standard InChI is InChI=1S/C25H27FN4O5/c1-28(2)23(31)13-29-12-19-18(24(29)32)9-16(10-20(19)26)30-8-7-21(25(30)33)35-17-5-6-22(27-11-17)34-14-15-3-4-15/h5-6,9-11,15,21H,3-4,7-8,12-14H2,1-2H3/t21-/m1/s1. The molecule has 1 aromatic heterocycles. The van der Waals surface area contributed by atoms with Gasteiger partial charge < -0.3 is 24.2 Å². The van der Waals surface area contributed by atoms with Gasteiger partial charge in [0.25, 0.3) is 11.8 Å². The fraction of sp³-hybridized carbons (Fsp3) is 0.440. The number of likely N-dealkylation sites (N-methyl/N-ethyl adjacent to an activating group) is 1. The molecule has 3 amide bonds. The number of carbonyl (C=O) groups is 3. The van der Waals surface area contributed by atoms with Gasteiger partial charge in [0.2, 0.25) is 11.8 Å². The summed E-state index contributed by atoms with van der Waals surface area (Å²) in [7, 11) is 3.19. The SMILES string of the molecule is CN(C)C(=O)CN1Cc2c(F)cc(N3CC[C@@H](Oc4ccc(OCC5CC5)nc4)C3=O)cc2C1=O. The van der Waals surface area contributed by atoms with E-state index in [9.17, 15) is 18.8 Å². The summed E-state index contributed by atoms with van der Waals surface area (Å²) < 4.78 is 26.4. The number of benzene rings is 1. The van der Waals surface area contributed by atoms with E-state index >= 15 is 0 Å². The molecule has 0 unspecified atom stereocenters. The number of aromatic nitrogens is 1. The Morgan fingerprint density at radius 2 is 2.00 bits per heavy atom. The molecule has 1 atom stereocenters. The maximum atomic E-state index is 14.9. The van der Waals surface area contributed by atoms with Crippen LogP contribution in [-0.2, 0) is 16.1 Å². The number of nitrogens with zero attached hydrogens (tertiary/aromatic N) is 4. The van der Waals surface area contributed by atoms with E-state index in [0.29, 0.717) is 42.8 Å². The van der Waals surface area contributed by atoms with Crippen molar-refractivity contribution in [3.63, 3.8) is 0 Å². The number of amides is 3. The zero-order valence-corrected chi connectivity index (χ0v) is 19.7. The minimum atomic E-state index is -0.740. The van der Waals surface area contributed by atoms with Gasteiger partial charge in [0.1, 0.15) is 18.1 Å². The molecule has 1 saturated carbocycles. The van der Waals surface area contributed by atoms with Crippen molar-refractivity contribution in [3.05, 3.63) is 47.4 Å². The summed E-state index contributed by atoms with van der Waals surface area (Å²) in [5.41, 5.74) is 0.711. The van der Waals surface area contributed by atoms with Gasteiger partial charge in [-0.2, -0.15) is 0 Å². The van der Waals surface area contributed by atoms with Gasteiger partial charge in [0.05, 0.1) is 19.3 Å². The van der Waals surface area contributed by atoms with E-state index in [2.05, 4.69) is 4.98 Å². The highest BCUT2D eigenvalue weighted by Crippen LogP contribution is 2.33. The lowest BCUT2D eigenvalue weighted by atomic mass is 10.1. The molecular formula is C25H27FN4O5. The first kappa shape index (κ1) is 23.1. The van der Waals surface area contributed by atoms with Crippen molar-refractivity contribution in [2.75, 3.05) is 38.7 Å². The molecule has 2 aliphatic heterocycles. The van der Waals surface area contributed by atoms with Crippen LogP contribution in [0.4, 0.5) is 10.1 Å². The Morgan fingerprint density at radius 3 is 2.69 bits per heavy atom. The van der Waals surface area contributed by atoms with Crippen molar-refractivity contribution in [1.82, 2.24) is 14.8 Å². The van der Waals surface area contributed by atoms with E-state index in [1.165, 1.54) is 45.9 Å². The molecule has 1 saturated heterocycles. The predicted molar refractivity (Wildman–Crippen MR) is 124 cm³/mol. The number of carbonyl (C=O) groups excluding carboxylic acids is 3. The molecule has 1 aromatic carbocycles. The number of ether oxygens (including phenoxy) is 2. The molecule has 0 N–H and O–H groups in total. The number of pyridine rings is 1. The quantitative estimate of drug-likeness (QED) is 0.573. The maximum Gasteiger partial charge on any atom is 0.268 e. The molecule has 10 heteroatoms. The van der Waals surface area contributed by atoms with Gasteiger partial charge in [0.15, 0.2) is 6.10 Å². The Kier molecular flexibility index (Phi) is 6.04. The molecule has 1 aliphatic carbocycles. The Labute approximate surface area is 202 Å². The van der Waals surface area contributed by atoms with E-state index in [1.807, 2.05) is 0 Å². The summed E-state index contributed by atoms with van der Waals surface area (Å²) in [6.45, 7) is 0.876. The molecule has 9 nitrogen and oxygen atoms in total. The van der Waals surface area contributed by atoms with Crippen LogP contribution >= 0.6 is 0 Å². The number of fused-ring (bicyclic) bond motifs is 1. The molecule has 0 radical (unpaired) electrons. The van der Waals surface area contributed by atoms with Crippen LogP contribution < -0.4 is 14.4 Å². The highest BCUT2D eigenvalue weighted by Gasteiger charge is 2.37. The molecular weight excluding hydrogens is 455 g/mol. The smallest absolute Gasteiger partial charge is 0.268 e. The zero-order valence-electron chi connectivity index (χ0n) is 19.7.